The molecule has 1 rings (SSSR count). The van der Waals surface area contributed by atoms with E-state index in [2.05, 4.69) is 19.1 Å². The minimum Gasteiger partial charge on any atom is -0.261 e. The molecular formula is C8H16N2O. The van der Waals surface area contributed by atoms with E-state index in [1.54, 1.807) is 5.01 Å². The standard InChI is InChI=1S/C8H16N2O/c1-7(2)8-3-5-10(9-11)6-4-8/h7-8H,3-6H2,1-2H3. The summed E-state index contributed by atoms with van der Waals surface area (Å²) in [7, 11) is 0. The third-order valence-electron chi connectivity index (χ3n) is 2.57. The van der Waals surface area contributed by atoms with E-state index in [4.69, 9.17) is 0 Å². The molecule has 1 fully saturated rings. The van der Waals surface area contributed by atoms with Crippen molar-refractivity contribution in [2.24, 2.45) is 17.1 Å². The highest BCUT2D eigenvalue weighted by molar-refractivity contribution is 4.71. The summed E-state index contributed by atoms with van der Waals surface area (Å²) in [4.78, 5) is 10.1. The maximum Gasteiger partial charge on any atom is 0.0523 e. The number of nitrogens with zero attached hydrogens (tertiary/aromatic N) is 2. The second-order valence-corrected chi connectivity index (χ2v) is 3.62. The van der Waals surface area contributed by atoms with Crippen LogP contribution in [-0.4, -0.2) is 18.1 Å². The highest BCUT2D eigenvalue weighted by atomic mass is 16.3. The van der Waals surface area contributed by atoms with Crippen molar-refractivity contribution in [3.8, 4) is 0 Å². The fourth-order valence-electron chi connectivity index (χ4n) is 1.63. The molecule has 1 aliphatic heterocycles. The van der Waals surface area contributed by atoms with Gasteiger partial charge in [0, 0.05) is 13.1 Å². The molecule has 0 radical (unpaired) electrons. The molecule has 3 nitrogen and oxygen atoms in total. The summed E-state index contributed by atoms with van der Waals surface area (Å²) in [6, 6.07) is 0. The van der Waals surface area contributed by atoms with Crippen LogP contribution in [0, 0.1) is 16.7 Å². The Morgan fingerprint density at radius 2 is 1.91 bits per heavy atom. The molecule has 3 heteroatoms. The lowest BCUT2D eigenvalue weighted by atomic mass is 9.87. The number of hydrogen-bond acceptors (Lipinski definition) is 2. The predicted octanol–water partition coefficient (Wildman–Crippen LogP) is 2.04. The molecule has 0 amide bonds. The van der Waals surface area contributed by atoms with Crippen molar-refractivity contribution in [3.05, 3.63) is 4.91 Å². The highest BCUT2D eigenvalue weighted by Gasteiger charge is 2.20. The van der Waals surface area contributed by atoms with Crippen LogP contribution < -0.4 is 0 Å². The molecular weight excluding hydrogens is 140 g/mol. The van der Waals surface area contributed by atoms with Crippen LogP contribution in [0.2, 0.25) is 0 Å². The van der Waals surface area contributed by atoms with Gasteiger partial charge in [0.1, 0.15) is 0 Å². The van der Waals surface area contributed by atoms with E-state index >= 15 is 0 Å². The van der Waals surface area contributed by atoms with E-state index in [9.17, 15) is 4.91 Å². The third kappa shape index (κ3) is 2.17. The molecule has 1 saturated heterocycles. The second kappa shape index (κ2) is 3.69. The van der Waals surface area contributed by atoms with Crippen LogP contribution in [-0.2, 0) is 0 Å². The summed E-state index contributed by atoms with van der Waals surface area (Å²) < 4.78 is 0. The molecule has 1 heterocycles. The Labute approximate surface area is 67.7 Å². The van der Waals surface area contributed by atoms with Crippen molar-refractivity contribution in [1.29, 1.82) is 0 Å². The zero-order valence-corrected chi connectivity index (χ0v) is 7.29. The van der Waals surface area contributed by atoms with Crippen LogP contribution >= 0.6 is 0 Å². The Morgan fingerprint density at radius 1 is 1.36 bits per heavy atom. The molecule has 0 spiro atoms. The molecule has 0 aromatic carbocycles. The van der Waals surface area contributed by atoms with Crippen molar-refractivity contribution in [2.75, 3.05) is 13.1 Å². The summed E-state index contributed by atoms with van der Waals surface area (Å²) in [6.45, 7) is 6.20. The maximum absolute atomic E-state index is 10.1. The Balaban J connectivity index is 2.29. The van der Waals surface area contributed by atoms with E-state index in [1.807, 2.05) is 0 Å². The Morgan fingerprint density at radius 3 is 2.27 bits per heavy atom. The van der Waals surface area contributed by atoms with E-state index in [0.29, 0.717) is 0 Å². The van der Waals surface area contributed by atoms with E-state index in [1.165, 1.54) is 0 Å². The first-order chi connectivity index (χ1) is 5.24. The fourth-order valence-corrected chi connectivity index (χ4v) is 1.63. The summed E-state index contributed by atoms with van der Waals surface area (Å²) in [6.07, 6.45) is 2.26. The van der Waals surface area contributed by atoms with Crippen LogP contribution in [0.25, 0.3) is 0 Å². The number of piperidine rings is 1. The van der Waals surface area contributed by atoms with Gasteiger partial charge in [-0.2, -0.15) is 0 Å². The lowest BCUT2D eigenvalue weighted by Gasteiger charge is -2.29. The molecule has 1 aliphatic rings. The molecule has 0 N–H and O–H groups in total. The van der Waals surface area contributed by atoms with Crippen molar-refractivity contribution >= 4 is 0 Å². The maximum atomic E-state index is 10.1. The number of rotatable bonds is 2. The van der Waals surface area contributed by atoms with Crippen LogP contribution in [0.15, 0.2) is 5.29 Å². The van der Waals surface area contributed by atoms with E-state index < -0.39 is 0 Å². The lowest BCUT2D eigenvalue weighted by molar-refractivity contribution is 0.161. The van der Waals surface area contributed by atoms with Crippen LogP contribution in [0.3, 0.4) is 0 Å². The van der Waals surface area contributed by atoms with Crippen molar-refractivity contribution < 1.29 is 0 Å². The van der Waals surface area contributed by atoms with Crippen LogP contribution in [0.5, 0.6) is 0 Å². The number of hydrogen-bond donors (Lipinski definition) is 0. The minimum absolute atomic E-state index is 0.754. The fraction of sp³-hybridized carbons (Fsp3) is 1.00. The van der Waals surface area contributed by atoms with Crippen molar-refractivity contribution in [3.63, 3.8) is 0 Å². The Bertz CT molecular complexity index is 128. The van der Waals surface area contributed by atoms with Gasteiger partial charge in [-0.1, -0.05) is 13.8 Å². The van der Waals surface area contributed by atoms with Gasteiger partial charge in [-0.15, -0.1) is 4.91 Å². The molecule has 0 bridgehead atoms. The highest BCUT2D eigenvalue weighted by Crippen LogP contribution is 2.24. The lowest BCUT2D eigenvalue weighted by Crippen LogP contribution is -2.31. The summed E-state index contributed by atoms with van der Waals surface area (Å²) >= 11 is 0. The van der Waals surface area contributed by atoms with Gasteiger partial charge in [0.2, 0.25) is 0 Å². The molecule has 0 aliphatic carbocycles. The van der Waals surface area contributed by atoms with Crippen LogP contribution in [0.1, 0.15) is 26.7 Å². The first-order valence-electron chi connectivity index (χ1n) is 4.32. The Kier molecular flexibility index (Phi) is 2.85. The average molecular weight is 156 g/mol. The molecule has 0 aromatic heterocycles. The summed E-state index contributed by atoms with van der Waals surface area (Å²) in [5, 5.41) is 4.55. The summed E-state index contributed by atoms with van der Waals surface area (Å²) in [5.74, 6) is 1.55. The molecule has 0 atom stereocenters. The second-order valence-electron chi connectivity index (χ2n) is 3.62. The van der Waals surface area contributed by atoms with Crippen molar-refractivity contribution in [1.82, 2.24) is 5.01 Å². The van der Waals surface area contributed by atoms with Gasteiger partial charge in [-0.05, 0) is 24.7 Å². The van der Waals surface area contributed by atoms with Gasteiger partial charge in [-0.25, -0.2) is 0 Å². The minimum atomic E-state index is 0.754. The zero-order valence-electron chi connectivity index (χ0n) is 7.29. The van der Waals surface area contributed by atoms with E-state index in [0.717, 1.165) is 37.8 Å². The Hall–Kier alpha value is -0.600. The van der Waals surface area contributed by atoms with Crippen molar-refractivity contribution in [2.45, 2.75) is 26.7 Å². The van der Waals surface area contributed by atoms with Gasteiger partial charge in [0.05, 0.1) is 5.29 Å². The van der Waals surface area contributed by atoms with Gasteiger partial charge in [-0.3, -0.25) is 5.01 Å². The predicted molar refractivity (Wildman–Crippen MR) is 44.9 cm³/mol. The largest absolute Gasteiger partial charge is 0.261 e. The third-order valence-corrected chi connectivity index (χ3v) is 2.57. The first-order valence-corrected chi connectivity index (χ1v) is 4.32. The van der Waals surface area contributed by atoms with Gasteiger partial charge in [0.15, 0.2) is 0 Å². The van der Waals surface area contributed by atoms with Gasteiger partial charge < -0.3 is 0 Å². The SMILES string of the molecule is CC(C)C1CCN(N=O)CC1. The molecule has 0 unspecified atom stereocenters. The van der Waals surface area contributed by atoms with Gasteiger partial charge in [0.25, 0.3) is 0 Å². The van der Waals surface area contributed by atoms with E-state index in [-0.39, 0.29) is 0 Å². The molecule has 11 heavy (non-hydrogen) atoms. The normalized spacial score (nSPS) is 20.8. The quantitative estimate of drug-likeness (QED) is 0.573. The topological polar surface area (TPSA) is 32.7 Å². The molecule has 64 valence electrons. The van der Waals surface area contributed by atoms with Gasteiger partial charge >= 0.3 is 0 Å². The molecule has 0 aromatic rings. The monoisotopic (exact) mass is 156 g/mol. The smallest absolute Gasteiger partial charge is 0.0523 e. The zero-order chi connectivity index (χ0) is 8.27. The number of nitroso groups, excluding NO2 is 1. The average Bonchev–Trinajstić information content (AvgIpc) is 2.05. The summed E-state index contributed by atoms with van der Waals surface area (Å²) in [5.41, 5.74) is 0. The molecule has 0 saturated carbocycles. The van der Waals surface area contributed by atoms with Crippen LogP contribution in [0.4, 0.5) is 0 Å². The first kappa shape index (κ1) is 8.50.